The number of carbonyl (C=O) groups is 1. The van der Waals surface area contributed by atoms with E-state index in [0.717, 1.165) is 11.3 Å². The summed E-state index contributed by atoms with van der Waals surface area (Å²) in [4.78, 5) is 11.7. The van der Waals surface area contributed by atoms with Crippen LogP contribution in [0.25, 0.3) is 17.0 Å². The number of carbonyl (C=O) groups excluding carboxylic acids is 1. The molecule has 3 aromatic heterocycles. The fraction of sp³-hybridized carbons (Fsp3) is 0.231. The lowest BCUT2D eigenvalue weighted by Gasteiger charge is -2.04. The van der Waals surface area contributed by atoms with E-state index < -0.39 is 5.97 Å². The molecule has 7 nitrogen and oxygen atoms in total. The van der Waals surface area contributed by atoms with Crippen LogP contribution in [0.15, 0.2) is 18.5 Å². The molecular weight excluding hydrogens is 294 g/mol. The number of halogens is 1. The summed E-state index contributed by atoms with van der Waals surface area (Å²) >= 11 is 6.16. The molecule has 108 valence electrons. The van der Waals surface area contributed by atoms with Gasteiger partial charge in [-0.15, -0.1) is 10.2 Å². The van der Waals surface area contributed by atoms with Gasteiger partial charge in [0.15, 0.2) is 11.5 Å². The van der Waals surface area contributed by atoms with E-state index in [1.165, 1.54) is 13.2 Å². The zero-order chi connectivity index (χ0) is 15.1. The third kappa shape index (κ3) is 2.06. The van der Waals surface area contributed by atoms with Crippen LogP contribution >= 0.6 is 11.6 Å². The molecule has 0 amide bonds. The van der Waals surface area contributed by atoms with E-state index in [9.17, 15) is 4.79 Å². The van der Waals surface area contributed by atoms with Crippen LogP contribution in [0, 0.1) is 6.92 Å². The molecule has 0 bridgehead atoms. The van der Waals surface area contributed by atoms with E-state index in [4.69, 9.17) is 16.3 Å². The molecule has 0 N–H and O–H groups in total. The summed E-state index contributed by atoms with van der Waals surface area (Å²) < 4.78 is 8.13. The number of pyridine rings is 1. The van der Waals surface area contributed by atoms with Crippen LogP contribution in [0.1, 0.15) is 16.1 Å². The minimum atomic E-state index is -0.471. The van der Waals surface area contributed by atoms with Crippen LogP contribution in [0.4, 0.5) is 0 Å². The van der Waals surface area contributed by atoms with Crippen molar-refractivity contribution in [3.63, 3.8) is 0 Å². The Morgan fingerprint density at radius 1 is 1.38 bits per heavy atom. The van der Waals surface area contributed by atoms with Crippen LogP contribution < -0.4 is 0 Å². The van der Waals surface area contributed by atoms with Crippen LogP contribution in [0.3, 0.4) is 0 Å². The number of aryl methyl sites for hydroxylation is 1. The van der Waals surface area contributed by atoms with Crippen LogP contribution in [-0.4, -0.2) is 37.5 Å². The maximum atomic E-state index is 11.7. The van der Waals surface area contributed by atoms with Crippen molar-refractivity contribution in [3.05, 3.63) is 34.7 Å². The Balaban J connectivity index is 2.28. The first-order valence-electron chi connectivity index (χ1n) is 6.14. The van der Waals surface area contributed by atoms with Crippen LogP contribution in [-0.2, 0) is 11.8 Å². The van der Waals surface area contributed by atoms with Gasteiger partial charge in [-0.25, -0.2) is 4.79 Å². The number of hydrogen-bond acceptors (Lipinski definition) is 5. The largest absolute Gasteiger partial charge is 0.465 e. The molecule has 3 heterocycles. The molecule has 0 aromatic carbocycles. The summed E-state index contributed by atoms with van der Waals surface area (Å²) in [6.45, 7) is 1.93. The van der Waals surface area contributed by atoms with Gasteiger partial charge in [0.1, 0.15) is 0 Å². The standard InChI is InChI=1S/C13H12ClN5O2/c1-7-9(5-15-18(7)2)11-16-17-12-10(14)4-8(6-19(11)12)13(20)21-3/h4-6H,1-3H3. The van der Waals surface area contributed by atoms with Gasteiger partial charge >= 0.3 is 5.97 Å². The highest BCUT2D eigenvalue weighted by atomic mass is 35.5. The molecule has 0 spiro atoms. The molecule has 3 rings (SSSR count). The highest BCUT2D eigenvalue weighted by Gasteiger charge is 2.18. The first-order valence-corrected chi connectivity index (χ1v) is 6.52. The lowest BCUT2D eigenvalue weighted by atomic mass is 10.2. The maximum Gasteiger partial charge on any atom is 0.339 e. The van der Waals surface area contributed by atoms with Crippen LogP contribution in [0.5, 0.6) is 0 Å². The van der Waals surface area contributed by atoms with Gasteiger partial charge in [-0.3, -0.25) is 9.08 Å². The number of methoxy groups -OCH3 is 1. The Bertz CT molecular complexity index is 852. The van der Waals surface area contributed by atoms with Crippen molar-refractivity contribution >= 4 is 23.2 Å². The van der Waals surface area contributed by atoms with Gasteiger partial charge < -0.3 is 4.74 Å². The average molecular weight is 306 g/mol. The fourth-order valence-electron chi connectivity index (χ4n) is 2.09. The molecule has 8 heteroatoms. The monoisotopic (exact) mass is 305 g/mol. The molecule has 0 atom stereocenters. The first kappa shape index (κ1) is 13.6. The second-order valence-corrected chi connectivity index (χ2v) is 4.96. The predicted octanol–water partition coefficient (Wildman–Crippen LogP) is 1.88. The molecule has 0 saturated carbocycles. The normalized spacial score (nSPS) is 11.0. The fourth-order valence-corrected chi connectivity index (χ4v) is 2.33. The highest BCUT2D eigenvalue weighted by molar-refractivity contribution is 6.33. The zero-order valence-corrected chi connectivity index (χ0v) is 12.4. The molecular formula is C13H12ClN5O2. The zero-order valence-electron chi connectivity index (χ0n) is 11.7. The number of fused-ring (bicyclic) bond motifs is 1. The van der Waals surface area contributed by atoms with Gasteiger partial charge in [0.2, 0.25) is 0 Å². The predicted molar refractivity (Wildman–Crippen MR) is 76.3 cm³/mol. The highest BCUT2D eigenvalue weighted by Crippen LogP contribution is 2.25. The molecule has 0 aliphatic carbocycles. The second kappa shape index (κ2) is 4.85. The average Bonchev–Trinajstić information content (AvgIpc) is 3.03. The molecule has 0 fully saturated rings. The van der Waals surface area contributed by atoms with E-state index in [1.807, 2.05) is 14.0 Å². The Kier molecular flexibility index (Phi) is 3.13. The minimum Gasteiger partial charge on any atom is -0.465 e. The van der Waals surface area contributed by atoms with E-state index in [-0.39, 0.29) is 0 Å². The third-order valence-corrected chi connectivity index (χ3v) is 3.64. The summed E-state index contributed by atoms with van der Waals surface area (Å²) in [5, 5.41) is 12.7. The summed E-state index contributed by atoms with van der Waals surface area (Å²) in [7, 11) is 3.16. The van der Waals surface area contributed by atoms with Crippen LogP contribution in [0.2, 0.25) is 5.02 Å². The van der Waals surface area contributed by atoms with E-state index >= 15 is 0 Å². The molecule has 0 saturated heterocycles. The van der Waals surface area contributed by atoms with E-state index in [2.05, 4.69) is 15.3 Å². The topological polar surface area (TPSA) is 74.3 Å². The second-order valence-electron chi connectivity index (χ2n) is 4.55. The lowest BCUT2D eigenvalue weighted by Crippen LogP contribution is -2.04. The van der Waals surface area contributed by atoms with Crippen molar-refractivity contribution in [1.29, 1.82) is 0 Å². The van der Waals surface area contributed by atoms with Gasteiger partial charge in [0, 0.05) is 18.9 Å². The van der Waals surface area contributed by atoms with Crippen molar-refractivity contribution in [3.8, 4) is 11.4 Å². The summed E-state index contributed by atoms with van der Waals surface area (Å²) in [6.07, 6.45) is 3.30. The van der Waals surface area contributed by atoms with Crippen molar-refractivity contribution in [1.82, 2.24) is 24.4 Å². The maximum absolute atomic E-state index is 11.7. The van der Waals surface area contributed by atoms with Crippen molar-refractivity contribution in [2.24, 2.45) is 7.05 Å². The Hall–Kier alpha value is -2.41. The van der Waals surface area contributed by atoms with Gasteiger partial charge in [-0.2, -0.15) is 5.10 Å². The smallest absolute Gasteiger partial charge is 0.339 e. The Morgan fingerprint density at radius 3 is 2.76 bits per heavy atom. The molecule has 21 heavy (non-hydrogen) atoms. The number of hydrogen-bond donors (Lipinski definition) is 0. The van der Waals surface area contributed by atoms with Crippen molar-refractivity contribution < 1.29 is 9.53 Å². The molecule has 0 unspecified atom stereocenters. The summed E-state index contributed by atoms with van der Waals surface area (Å²) in [5.41, 5.74) is 2.56. The summed E-state index contributed by atoms with van der Waals surface area (Å²) in [6, 6.07) is 1.51. The Morgan fingerprint density at radius 2 is 2.14 bits per heavy atom. The van der Waals surface area contributed by atoms with E-state index in [1.54, 1.807) is 21.5 Å². The van der Waals surface area contributed by atoms with Crippen molar-refractivity contribution in [2.45, 2.75) is 6.92 Å². The summed E-state index contributed by atoms with van der Waals surface area (Å²) in [5.74, 6) is 0.101. The van der Waals surface area contributed by atoms with Gasteiger partial charge in [-0.05, 0) is 13.0 Å². The third-order valence-electron chi connectivity index (χ3n) is 3.36. The Labute approximate surface area is 125 Å². The number of aromatic nitrogens is 5. The van der Waals surface area contributed by atoms with E-state index in [0.29, 0.717) is 22.1 Å². The number of rotatable bonds is 2. The van der Waals surface area contributed by atoms with Gasteiger partial charge in [-0.1, -0.05) is 11.6 Å². The number of nitrogens with zero attached hydrogens (tertiary/aromatic N) is 5. The van der Waals surface area contributed by atoms with Gasteiger partial charge in [0.25, 0.3) is 0 Å². The minimum absolute atomic E-state index is 0.331. The molecule has 0 radical (unpaired) electrons. The number of ether oxygens (including phenoxy) is 1. The lowest BCUT2D eigenvalue weighted by molar-refractivity contribution is 0.0600. The molecule has 0 aliphatic heterocycles. The first-order chi connectivity index (χ1) is 10.0. The quantitative estimate of drug-likeness (QED) is 0.676. The van der Waals surface area contributed by atoms with Crippen molar-refractivity contribution in [2.75, 3.05) is 7.11 Å². The molecule has 3 aromatic rings. The number of esters is 1. The van der Waals surface area contributed by atoms with Gasteiger partial charge in [0.05, 0.1) is 29.5 Å². The molecule has 0 aliphatic rings. The SMILES string of the molecule is COC(=O)c1cc(Cl)c2nnc(-c3cnn(C)c3C)n2c1.